The van der Waals surface area contributed by atoms with Crippen LogP contribution in [0.25, 0.3) is 21.5 Å². The Morgan fingerprint density at radius 3 is 2.03 bits per heavy atom. The standard InChI is InChI=1S/C30H23N3/c1-33-29(23-13-6-3-7-14-23)31-28(22-11-4-2-5-12-22)32-30(33)25-18-19-27-24(20-25)17-16-21-10-8-9-15-26(21)27/h2-20,30H,1H3. The van der Waals surface area contributed by atoms with Gasteiger partial charge in [-0.05, 0) is 33.2 Å². The van der Waals surface area contributed by atoms with Gasteiger partial charge < -0.3 is 4.90 Å². The molecule has 0 spiro atoms. The summed E-state index contributed by atoms with van der Waals surface area (Å²) in [5, 5.41) is 5.02. The molecule has 1 heterocycles. The van der Waals surface area contributed by atoms with Crippen LogP contribution in [0.15, 0.2) is 125 Å². The third-order valence-corrected chi connectivity index (χ3v) is 6.29. The van der Waals surface area contributed by atoms with Crippen molar-refractivity contribution in [1.82, 2.24) is 4.90 Å². The zero-order valence-electron chi connectivity index (χ0n) is 18.4. The topological polar surface area (TPSA) is 28.0 Å². The Morgan fingerprint density at radius 1 is 0.606 bits per heavy atom. The van der Waals surface area contributed by atoms with Gasteiger partial charge in [0.25, 0.3) is 0 Å². The molecule has 1 atom stereocenters. The van der Waals surface area contributed by atoms with Crippen LogP contribution in [-0.2, 0) is 0 Å². The van der Waals surface area contributed by atoms with Crippen LogP contribution in [0.1, 0.15) is 22.9 Å². The molecule has 0 bridgehead atoms. The van der Waals surface area contributed by atoms with Crippen LogP contribution < -0.4 is 0 Å². The minimum absolute atomic E-state index is 0.163. The maximum Gasteiger partial charge on any atom is 0.159 e. The lowest BCUT2D eigenvalue weighted by Gasteiger charge is -2.32. The van der Waals surface area contributed by atoms with Gasteiger partial charge in [0.05, 0.1) is 0 Å². The normalized spacial score (nSPS) is 16.0. The molecule has 5 aromatic rings. The fourth-order valence-corrected chi connectivity index (χ4v) is 4.60. The van der Waals surface area contributed by atoms with E-state index in [-0.39, 0.29) is 6.17 Å². The van der Waals surface area contributed by atoms with Crippen LogP contribution in [0.4, 0.5) is 0 Å². The van der Waals surface area contributed by atoms with Crippen LogP contribution >= 0.6 is 0 Å². The summed E-state index contributed by atoms with van der Waals surface area (Å²) < 4.78 is 0. The summed E-state index contributed by atoms with van der Waals surface area (Å²) >= 11 is 0. The second-order valence-electron chi connectivity index (χ2n) is 8.37. The van der Waals surface area contributed by atoms with Crippen molar-refractivity contribution in [2.75, 3.05) is 7.05 Å². The van der Waals surface area contributed by atoms with E-state index in [1.54, 1.807) is 0 Å². The van der Waals surface area contributed by atoms with Gasteiger partial charge in [0.1, 0.15) is 5.84 Å². The Balaban J connectivity index is 1.50. The number of hydrogen-bond donors (Lipinski definition) is 0. The minimum atomic E-state index is -0.163. The number of amidine groups is 2. The van der Waals surface area contributed by atoms with Gasteiger partial charge in [0.15, 0.2) is 12.0 Å². The van der Waals surface area contributed by atoms with Crippen molar-refractivity contribution in [3.05, 3.63) is 132 Å². The van der Waals surface area contributed by atoms with Gasteiger partial charge in [-0.1, -0.05) is 109 Å². The van der Waals surface area contributed by atoms with E-state index in [0.29, 0.717) is 0 Å². The fraction of sp³-hybridized carbons (Fsp3) is 0.0667. The summed E-state index contributed by atoms with van der Waals surface area (Å²) in [6.45, 7) is 0. The summed E-state index contributed by atoms with van der Waals surface area (Å²) in [6, 6.07) is 40.2. The number of nitrogens with zero attached hydrogens (tertiary/aromatic N) is 3. The molecule has 0 amide bonds. The molecule has 0 saturated carbocycles. The Bertz CT molecular complexity index is 1520. The zero-order chi connectivity index (χ0) is 22.2. The Kier molecular flexibility index (Phi) is 4.73. The Labute approximate surface area is 193 Å². The molecule has 158 valence electrons. The first-order valence-electron chi connectivity index (χ1n) is 11.2. The van der Waals surface area contributed by atoms with Crippen LogP contribution in [0.3, 0.4) is 0 Å². The molecule has 1 unspecified atom stereocenters. The molecular formula is C30H23N3. The van der Waals surface area contributed by atoms with E-state index in [9.17, 15) is 0 Å². The van der Waals surface area contributed by atoms with Crippen LogP contribution in [0.2, 0.25) is 0 Å². The summed E-state index contributed by atoms with van der Waals surface area (Å²) in [5.41, 5.74) is 3.26. The van der Waals surface area contributed by atoms with E-state index in [2.05, 4.69) is 103 Å². The monoisotopic (exact) mass is 425 g/mol. The van der Waals surface area contributed by atoms with Gasteiger partial charge in [-0.2, -0.15) is 0 Å². The third kappa shape index (κ3) is 3.48. The maximum absolute atomic E-state index is 5.10. The van der Waals surface area contributed by atoms with E-state index < -0.39 is 0 Å². The van der Waals surface area contributed by atoms with E-state index in [1.165, 1.54) is 21.5 Å². The van der Waals surface area contributed by atoms with E-state index in [4.69, 9.17) is 9.98 Å². The van der Waals surface area contributed by atoms with Crippen molar-refractivity contribution < 1.29 is 0 Å². The van der Waals surface area contributed by atoms with E-state index >= 15 is 0 Å². The van der Waals surface area contributed by atoms with Gasteiger partial charge in [-0.15, -0.1) is 0 Å². The highest BCUT2D eigenvalue weighted by molar-refractivity contribution is 6.13. The molecule has 0 radical (unpaired) electrons. The van der Waals surface area contributed by atoms with Gasteiger partial charge in [0.2, 0.25) is 0 Å². The molecule has 6 rings (SSSR count). The molecule has 0 saturated heterocycles. The molecule has 33 heavy (non-hydrogen) atoms. The lowest BCUT2D eigenvalue weighted by atomic mass is 9.99. The van der Waals surface area contributed by atoms with E-state index in [1.807, 2.05) is 24.3 Å². The summed E-state index contributed by atoms with van der Waals surface area (Å²) in [4.78, 5) is 12.2. The van der Waals surface area contributed by atoms with Crippen molar-refractivity contribution in [3.63, 3.8) is 0 Å². The minimum Gasteiger partial charge on any atom is -0.333 e. The van der Waals surface area contributed by atoms with Gasteiger partial charge in [-0.3, -0.25) is 0 Å². The number of hydrogen-bond acceptors (Lipinski definition) is 3. The Morgan fingerprint density at radius 2 is 1.24 bits per heavy atom. The second-order valence-corrected chi connectivity index (χ2v) is 8.37. The first kappa shape index (κ1) is 19.4. The highest BCUT2D eigenvalue weighted by Crippen LogP contribution is 2.32. The summed E-state index contributed by atoms with van der Waals surface area (Å²) in [5.74, 6) is 1.68. The number of aliphatic imine (C=N–C) groups is 2. The third-order valence-electron chi connectivity index (χ3n) is 6.29. The molecule has 3 nitrogen and oxygen atoms in total. The zero-order valence-corrected chi connectivity index (χ0v) is 18.4. The van der Waals surface area contributed by atoms with Crippen molar-refractivity contribution >= 4 is 33.2 Å². The summed E-state index contributed by atoms with van der Waals surface area (Å²) in [6.07, 6.45) is -0.163. The largest absolute Gasteiger partial charge is 0.333 e. The van der Waals surface area contributed by atoms with Crippen molar-refractivity contribution in [1.29, 1.82) is 0 Å². The van der Waals surface area contributed by atoms with Crippen LogP contribution in [-0.4, -0.2) is 23.6 Å². The lowest BCUT2D eigenvalue weighted by molar-refractivity contribution is 0.383. The molecule has 0 N–H and O–H groups in total. The number of fused-ring (bicyclic) bond motifs is 3. The molecule has 5 aromatic carbocycles. The van der Waals surface area contributed by atoms with Gasteiger partial charge in [-0.25, -0.2) is 9.98 Å². The lowest BCUT2D eigenvalue weighted by Crippen LogP contribution is -2.35. The average Bonchev–Trinajstić information content (AvgIpc) is 2.89. The molecule has 3 heteroatoms. The van der Waals surface area contributed by atoms with Gasteiger partial charge in [0, 0.05) is 18.2 Å². The smallest absolute Gasteiger partial charge is 0.159 e. The highest BCUT2D eigenvalue weighted by atomic mass is 15.3. The van der Waals surface area contributed by atoms with Crippen molar-refractivity contribution in [2.24, 2.45) is 9.98 Å². The molecule has 1 aliphatic heterocycles. The molecule has 0 aromatic heterocycles. The quantitative estimate of drug-likeness (QED) is 0.291. The molecule has 0 aliphatic carbocycles. The fourth-order valence-electron chi connectivity index (χ4n) is 4.60. The average molecular weight is 426 g/mol. The number of rotatable bonds is 3. The predicted octanol–water partition coefficient (Wildman–Crippen LogP) is 6.83. The number of benzene rings is 5. The van der Waals surface area contributed by atoms with E-state index in [0.717, 1.165) is 28.4 Å². The summed E-state index contributed by atoms with van der Waals surface area (Å²) in [7, 11) is 2.08. The second kappa shape index (κ2) is 8.03. The molecular weight excluding hydrogens is 402 g/mol. The Hall–Kier alpha value is -4.24. The van der Waals surface area contributed by atoms with Crippen molar-refractivity contribution in [3.8, 4) is 0 Å². The molecule has 1 aliphatic rings. The maximum atomic E-state index is 5.10. The first-order chi connectivity index (χ1) is 16.3. The van der Waals surface area contributed by atoms with Crippen molar-refractivity contribution in [2.45, 2.75) is 6.17 Å². The SMILES string of the molecule is CN1C(c2ccccc2)=NC(c2ccccc2)=NC1c1ccc2c(ccc3ccccc32)c1. The van der Waals surface area contributed by atoms with Crippen LogP contribution in [0.5, 0.6) is 0 Å². The molecule has 0 fully saturated rings. The highest BCUT2D eigenvalue weighted by Gasteiger charge is 2.26. The van der Waals surface area contributed by atoms with Gasteiger partial charge >= 0.3 is 0 Å². The first-order valence-corrected chi connectivity index (χ1v) is 11.2. The predicted molar refractivity (Wildman–Crippen MR) is 138 cm³/mol. The van der Waals surface area contributed by atoms with Crippen LogP contribution in [0, 0.1) is 0 Å².